The molecule has 6 nitrogen and oxygen atoms in total. The molecule has 1 unspecified atom stereocenters. The SMILES string of the molecule is CC(C(=O)O)n1nnnc1Cc1cccc(Br)c1. The molecule has 2 rings (SSSR count). The van der Waals surface area contributed by atoms with Crippen molar-refractivity contribution in [2.24, 2.45) is 0 Å². The second-order valence-corrected chi connectivity index (χ2v) is 4.78. The van der Waals surface area contributed by atoms with Crippen LogP contribution in [-0.2, 0) is 11.2 Å². The maximum Gasteiger partial charge on any atom is 0.328 e. The highest BCUT2D eigenvalue weighted by Gasteiger charge is 2.19. The number of aliphatic carboxylic acids is 1. The van der Waals surface area contributed by atoms with E-state index >= 15 is 0 Å². The topological polar surface area (TPSA) is 80.9 Å². The predicted molar refractivity (Wildman–Crippen MR) is 67.1 cm³/mol. The zero-order valence-electron chi connectivity index (χ0n) is 9.62. The van der Waals surface area contributed by atoms with Gasteiger partial charge in [0.05, 0.1) is 0 Å². The number of benzene rings is 1. The van der Waals surface area contributed by atoms with Gasteiger partial charge in [-0.3, -0.25) is 0 Å². The second-order valence-electron chi connectivity index (χ2n) is 3.86. The van der Waals surface area contributed by atoms with Gasteiger partial charge >= 0.3 is 5.97 Å². The van der Waals surface area contributed by atoms with Gasteiger partial charge in [0.15, 0.2) is 5.82 Å². The van der Waals surface area contributed by atoms with E-state index in [4.69, 9.17) is 5.11 Å². The summed E-state index contributed by atoms with van der Waals surface area (Å²) in [5.74, 6) is -0.430. The van der Waals surface area contributed by atoms with Gasteiger partial charge in [0.1, 0.15) is 6.04 Å². The number of carboxylic acid groups (broad SMARTS) is 1. The van der Waals surface area contributed by atoms with Crippen LogP contribution in [0.25, 0.3) is 0 Å². The van der Waals surface area contributed by atoms with Crippen molar-refractivity contribution in [3.8, 4) is 0 Å². The first-order valence-corrected chi connectivity index (χ1v) is 6.11. The lowest BCUT2D eigenvalue weighted by Crippen LogP contribution is -2.19. The van der Waals surface area contributed by atoms with E-state index < -0.39 is 12.0 Å². The van der Waals surface area contributed by atoms with Gasteiger partial charge in [-0.05, 0) is 35.0 Å². The number of nitrogens with zero attached hydrogens (tertiary/aromatic N) is 4. The molecule has 7 heteroatoms. The summed E-state index contributed by atoms with van der Waals surface area (Å²) in [6, 6.07) is 6.95. The Kier molecular flexibility index (Phi) is 3.71. The summed E-state index contributed by atoms with van der Waals surface area (Å²) in [5, 5.41) is 20.1. The first-order valence-electron chi connectivity index (χ1n) is 5.32. The van der Waals surface area contributed by atoms with E-state index in [1.165, 1.54) is 4.68 Å². The van der Waals surface area contributed by atoms with Gasteiger partial charge in [-0.2, -0.15) is 0 Å². The molecule has 0 amide bonds. The van der Waals surface area contributed by atoms with Crippen molar-refractivity contribution in [1.29, 1.82) is 0 Å². The molecule has 1 aromatic heterocycles. The molecule has 94 valence electrons. The third kappa shape index (κ3) is 2.73. The van der Waals surface area contributed by atoms with Gasteiger partial charge in [0, 0.05) is 10.9 Å². The number of carboxylic acids is 1. The van der Waals surface area contributed by atoms with Gasteiger partial charge in [-0.25, -0.2) is 9.48 Å². The van der Waals surface area contributed by atoms with Crippen LogP contribution < -0.4 is 0 Å². The van der Waals surface area contributed by atoms with Gasteiger partial charge in [0.2, 0.25) is 0 Å². The summed E-state index contributed by atoms with van der Waals surface area (Å²) in [6.07, 6.45) is 0.490. The maximum atomic E-state index is 10.9. The molecule has 1 atom stereocenters. The Bertz CT molecular complexity index is 570. The monoisotopic (exact) mass is 310 g/mol. The van der Waals surface area contributed by atoms with Crippen LogP contribution in [0.4, 0.5) is 0 Å². The molecule has 0 saturated carbocycles. The Hall–Kier alpha value is -1.76. The van der Waals surface area contributed by atoms with Crippen LogP contribution in [0, 0.1) is 0 Å². The fourth-order valence-corrected chi connectivity index (χ4v) is 2.01. The molecule has 1 N–H and O–H groups in total. The predicted octanol–water partition coefficient (Wildman–Crippen LogP) is 1.67. The van der Waals surface area contributed by atoms with Crippen molar-refractivity contribution in [3.05, 3.63) is 40.1 Å². The minimum Gasteiger partial charge on any atom is -0.480 e. The molecule has 0 aliphatic carbocycles. The van der Waals surface area contributed by atoms with Crippen LogP contribution in [-0.4, -0.2) is 31.3 Å². The molecule has 0 bridgehead atoms. The van der Waals surface area contributed by atoms with Crippen LogP contribution in [0.5, 0.6) is 0 Å². The summed E-state index contributed by atoms with van der Waals surface area (Å²) < 4.78 is 2.29. The van der Waals surface area contributed by atoms with Crippen LogP contribution in [0.2, 0.25) is 0 Å². The van der Waals surface area contributed by atoms with Gasteiger partial charge in [0.25, 0.3) is 0 Å². The largest absolute Gasteiger partial charge is 0.480 e. The number of tetrazole rings is 1. The van der Waals surface area contributed by atoms with E-state index in [1.54, 1.807) is 6.92 Å². The molecular weight excluding hydrogens is 300 g/mol. The molecule has 0 spiro atoms. The van der Waals surface area contributed by atoms with Gasteiger partial charge in [-0.15, -0.1) is 5.10 Å². The molecule has 2 aromatic rings. The quantitative estimate of drug-likeness (QED) is 0.929. The van der Waals surface area contributed by atoms with Crippen LogP contribution >= 0.6 is 15.9 Å². The molecule has 18 heavy (non-hydrogen) atoms. The molecule has 1 aromatic carbocycles. The van der Waals surface area contributed by atoms with Crippen LogP contribution in [0.15, 0.2) is 28.7 Å². The smallest absolute Gasteiger partial charge is 0.328 e. The Labute approximate surface area is 112 Å². The highest BCUT2D eigenvalue weighted by Crippen LogP contribution is 2.15. The summed E-state index contributed by atoms with van der Waals surface area (Å²) in [7, 11) is 0. The van der Waals surface area contributed by atoms with E-state index in [2.05, 4.69) is 31.5 Å². The van der Waals surface area contributed by atoms with E-state index in [1.807, 2.05) is 24.3 Å². The fraction of sp³-hybridized carbons (Fsp3) is 0.273. The minimum absolute atomic E-state index is 0.490. The fourth-order valence-electron chi connectivity index (χ4n) is 1.56. The number of aromatic nitrogens is 4. The zero-order chi connectivity index (χ0) is 13.1. The highest BCUT2D eigenvalue weighted by molar-refractivity contribution is 9.10. The maximum absolute atomic E-state index is 10.9. The number of halogens is 1. The van der Waals surface area contributed by atoms with E-state index in [0.29, 0.717) is 12.2 Å². The van der Waals surface area contributed by atoms with Crippen molar-refractivity contribution < 1.29 is 9.90 Å². The number of hydrogen-bond donors (Lipinski definition) is 1. The number of carbonyl (C=O) groups is 1. The summed E-state index contributed by atoms with van der Waals surface area (Å²) in [5.41, 5.74) is 1.01. The van der Waals surface area contributed by atoms with E-state index in [-0.39, 0.29) is 0 Å². The molecule has 0 saturated heterocycles. The third-order valence-corrected chi connectivity index (χ3v) is 3.03. The lowest BCUT2D eigenvalue weighted by molar-refractivity contribution is -0.140. The van der Waals surface area contributed by atoms with Crippen LogP contribution in [0.1, 0.15) is 24.4 Å². The van der Waals surface area contributed by atoms with E-state index in [9.17, 15) is 4.79 Å². The molecule has 1 heterocycles. The van der Waals surface area contributed by atoms with Crippen molar-refractivity contribution in [3.63, 3.8) is 0 Å². The highest BCUT2D eigenvalue weighted by atomic mass is 79.9. The molecule has 0 fully saturated rings. The summed E-state index contributed by atoms with van der Waals surface area (Å²) in [6.45, 7) is 1.54. The molecular formula is C11H11BrN4O2. The van der Waals surface area contributed by atoms with E-state index in [0.717, 1.165) is 10.0 Å². The normalized spacial score (nSPS) is 12.3. The first kappa shape index (κ1) is 12.7. The van der Waals surface area contributed by atoms with Crippen molar-refractivity contribution >= 4 is 21.9 Å². The Morgan fingerprint density at radius 1 is 1.56 bits per heavy atom. The standard InChI is InChI=1S/C11H11BrN4O2/c1-7(11(17)18)16-10(13-14-15-16)6-8-3-2-4-9(12)5-8/h2-5,7H,6H2,1H3,(H,17,18). The number of hydrogen-bond acceptors (Lipinski definition) is 4. The van der Waals surface area contributed by atoms with Crippen LogP contribution in [0.3, 0.4) is 0 Å². The van der Waals surface area contributed by atoms with Crippen molar-refractivity contribution in [2.75, 3.05) is 0 Å². The Balaban J connectivity index is 2.25. The lowest BCUT2D eigenvalue weighted by atomic mass is 10.1. The van der Waals surface area contributed by atoms with Gasteiger partial charge < -0.3 is 5.11 Å². The molecule has 0 radical (unpaired) electrons. The molecule has 0 aliphatic heterocycles. The van der Waals surface area contributed by atoms with Gasteiger partial charge in [-0.1, -0.05) is 28.1 Å². The average molecular weight is 311 g/mol. The average Bonchev–Trinajstić information content (AvgIpc) is 2.76. The number of rotatable bonds is 4. The Morgan fingerprint density at radius 3 is 3.00 bits per heavy atom. The molecule has 0 aliphatic rings. The second kappa shape index (κ2) is 5.26. The zero-order valence-corrected chi connectivity index (χ0v) is 11.2. The first-order chi connectivity index (χ1) is 8.58. The van der Waals surface area contributed by atoms with Crippen molar-refractivity contribution in [1.82, 2.24) is 20.2 Å². The van der Waals surface area contributed by atoms with Crippen molar-refractivity contribution in [2.45, 2.75) is 19.4 Å². The summed E-state index contributed by atoms with van der Waals surface area (Å²) in [4.78, 5) is 10.9. The Morgan fingerprint density at radius 2 is 2.33 bits per heavy atom. The third-order valence-electron chi connectivity index (χ3n) is 2.54. The minimum atomic E-state index is -0.960. The lowest BCUT2D eigenvalue weighted by Gasteiger charge is -2.08. The summed E-state index contributed by atoms with van der Waals surface area (Å²) >= 11 is 3.38.